The highest BCUT2D eigenvalue weighted by molar-refractivity contribution is 6.32. The van der Waals surface area contributed by atoms with E-state index in [1.54, 1.807) is 37.3 Å². The lowest BCUT2D eigenvalue weighted by Crippen LogP contribution is -2.34. The lowest BCUT2D eigenvalue weighted by molar-refractivity contribution is 0.193. The maximum atomic E-state index is 12.8. The fraction of sp³-hybridized carbons (Fsp3) is 0.286. The number of carbonyl (C=O) groups is 1. The number of likely N-dealkylation sites (tertiary alicyclic amines) is 1. The Morgan fingerprint density at radius 1 is 1.20 bits per heavy atom. The molecule has 2 amide bonds. The van der Waals surface area contributed by atoms with Gasteiger partial charge < -0.3 is 24.2 Å². The predicted molar refractivity (Wildman–Crippen MR) is 112 cm³/mol. The Morgan fingerprint density at radius 3 is 2.70 bits per heavy atom. The van der Waals surface area contributed by atoms with E-state index >= 15 is 0 Å². The van der Waals surface area contributed by atoms with Crippen molar-refractivity contribution in [2.45, 2.75) is 18.9 Å². The smallest absolute Gasteiger partial charge is 0.322 e. The molecule has 30 heavy (non-hydrogen) atoms. The van der Waals surface area contributed by atoms with Crippen molar-refractivity contribution < 1.29 is 18.8 Å². The van der Waals surface area contributed by atoms with Gasteiger partial charge in [0.1, 0.15) is 17.5 Å². The van der Waals surface area contributed by atoms with Crippen molar-refractivity contribution in [2.75, 3.05) is 26.1 Å². The SMILES string of the molecule is COc1ccc(-c2noc([C@@H]3CCCN3C(=O)Nc3ccc(OC)c(Cl)c3)n2)cc1. The monoisotopic (exact) mass is 428 g/mol. The van der Waals surface area contributed by atoms with Crippen LogP contribution in [0, 0.1) is 0 Å². The Hall–Kier alpha value is -3.26. The molecule has 2 aromatic carbocycles. The molecule has 1 saturated heterocycles. The molecule has 0 spiro atoms. The van der Waals surface area contributed by atoms with Gasteiger partial charge >= 0.3 is 6.03 Å². The number of hydrogen-bond donors (Lipinski definition) is 1. The Labute approximate surface area is 178 Å². The van der Waals surface area contributed by atoms with Gasteiger partial charge in [-0.1, -0.05) is 16.8 Å². The van der Waals surface area contributed by atoms with E-state index in [4.69, 9.17) is 25.6 Å². The minimum atomic E-state index is -0.279. The maximum absolute atomic E-state index is 12.8. The number of aromatic nitrogens is 2. The minimum Gasteiger partial charge on any atom is -0.497 e. The van der Waals surface area contributed by atoms with Gasteiger partial charge in [0.25, 0.3) is 0 Å². The first-order valence-electron chi connectivity index (χ1n) is 9.48. The third kappa shape index (κ3) is 4.04. The largest absolute Gasteiger partial charge is 0.497 e. The van der Waals surface area contributed by atoms with Crippen LogP contribution in [0.4, 0.5) is 10.5 Å². The molecule has 4 rings (SSSR count). The van der Waals surface area contributed by atoms with Gasteiger partial charge in [0.2, 0.25) is 11.7 Å². The molecule has 1 N–H and O–H groups in total. The number of hydrogen-bond acceptors (Lipinski definition) is 6. The van der Waals surface area contributed by atoms with Crippen molar-refractivity contribution in [3.05, 3.63) is 53.4 Å². The number of nitrogens with one attached hydrogen (secondary N) is 1. The number of amides is 2. The summed E-state index contributed by atoms with van der Waals surface area (Å²) in [6.45, 7) is 0.598. The van der Waals surface area contributed by atoms with Crippen LogP contribution in [0.3, 0.4) is 0 Å². The molecule has 2 heterocycles. The van der Waals surface area contributed by atoms with E-state index in [9.17, 15) is 4.79 Å². The van der Waals surface area contributed by atoms with Gasteiger partial charge in [-0.25, -0.2) is 4.79 Å². The van der Waals surface area contributed by atoms with Crippen LogP contribution in [0.1, 0.15) is 24.8 Å². The summed E-state index contributed by atoms with van der Waals surface area (Å²) in [6.07, 6.45) is 1.60. The van der Waals surface area contributed by atoms with E-state index in [2.05, 4.69) is 15.5 Å². The summed E-state index contributed by atoms with van der Waals surface area (Å²) in [7, 11) is 3.15. The lowest BCUT2D eigenvalue weighted by atomic mass is 10.2. The average Bonchev–Trinajstić information content (AvgIpc) is 3.43. The molecule has 156 valence electrons. The fourth-order valence-corrected chi connectivity index (χ4v) is 3.69. The molecular weight excluding hydrogens is 408 g/mol. The third-order valence-electron chi connectivity index (χ3n) is 4.99. The zero-order valence-electron chi connectivity index (χ0n) is 16.6. The van der Waals surface area contributed by atoms with Crippen LogP contribution < -0.4 is 14.8 Å². The van der Waals surface area contributed by atoms with Crippen LogP contribution in [-0.2, 0) is 0 Å². The van der Waals surface area contributed by atoms with Gasteiger partial charge in [0, 0.05) is 17.8 Å². The van der Waals surface area contributed by atoms with Gasteiger partial charge in [-0.15, -0.1) is 0 Å². The van der Waals surface area contributed by atoms with Crippen LogP contribution in [-0.4, -0.2) is 41.8 Å². The van der Waals surface area contributed by atoms with E-state index in [0.29, 0.717) is 34.7 Å². The molecule has 0 bridgehead atoms. The molecule has 0 saturated carbocycles. The Morgan fingerprint density at radius 2 is 2.00 bits per heavy atom. The normalized spacial score (nSPS) is 15.8. The highest BCUT2D eigenvalue weighted by Gasteiger charge is 2.34. The summed E-state index contributed by atoms with van der Waals surface area (Å²) >= 11 is 6.15. The van der Waals surface area contributed by atoms with Crippen LogP contribution >= 0.6 is 11.6 Å². The van der Waals surface area contributed by atoms with Gasteiger partial charge in [-0.2, -0.15) is 4.98 Å². The second-order valence-electron chi connectivity index (χ2n) is 6.82. The summed E-state index contributed by atoms with van der Waals surface area (Å²) in [5.41, 5.74) is 1.40. The second kappa shape index (κ2) is 8.62. The van der Waals surface area contributed by atoms with Crippen molar-refractivity contribution in [1.29, 1.82) is 0 Å². The topological polar surface area (TPSA) is 89.7 Å². The Balaban J connectivity index is 1.48. The molecule has 9 heteroatoms. The molecule has 1 fully saturated rings. The number of benzene rings is 2. The minimum absolute atomic E-state index is 0.247. The van der Waals surface area contributed by atoms with E-state index in [-0.39, 0.29) is 12.1 Å². The van der Waals surface area contributed by atoms with Crippen molar-refractivity contribution in [1.82, 2.24) is 15.0 Å². The quantitative estimate of drug-likeness (QED) is 0.629. The van der Waals surface area contributed by atoms with Crippen LogP contribution in [0.25, 0.3) is 11.4 Å². The Bertz CT molecular complexity index is 1040. The van der Waals surface area contributed by atoms with Gasteiger partial charge in [-0.05, 0) is 55.3 Å². The molecular formula is C21H21ClN4O4. The molecule has 3 aromatic rings. The van der Waals surface area contributed by atoms with Crippen LogP contribution in [0.15, 0.2) is 47.0 Å². The van der Waals surface area contributed by atoms with Crippen molar-refractivity contribution >= 4 is 23.3 Å². The van der Waals surface area contributed by atoms with E-state index in [1.165, 1.54) is 0 Å². The summed E-state index contributed by atoms with van der Waals surface area (Å²) < 4.78 is 15.8. The predicted octanol–water partition coefficient (Wildman–Crippen LogP) is 4.78. The molecule has 1 aliphatic rings. The lowest BCUT2D eigenvalue weighted by Gasteiger charge is -2.22. The van der Waals surface area contributed by atoms with E-state index in [1.807, 2.05) is 24.3 Å². The fourth-order valence-electron chi connectivity index (χ4n) is 3.43. The highest BCUT2D eigenvalue weighted by Crippen LogP contribution is 2.33. The number of ether oxygens (including phenoxy) is 2. The number of methoxy groups -OCH3 is 2. The second-order valence-corrected chi connectivity index (χ2v) is 7.22. The van der Waals surface area contributed by atoms with Crippen molar-refractivity contribution in [3.8, 4) is 22.9 Å². The molecule has 1 atom stereocenters. The van der Waals surface area contributed by atoms with Crippen LogP contribution in [0.5, 0.6) is 11.5 Å². The van der Waals surface area contributed by atoms with Gasteiger partial charge in [0.05, 0.1) is 19.2 Å². The number of rotatable bonds is 5. The molecule has 0 unspecified atom stereocenters. The number of urea groups is 1. The number of anilines is 1. The summed E-state index contributed by atoms with van der Waals surface area (Å²) in [5.74, 6) is 2.19. The molecule has 0 aliphatic carbocycles. The number of carbonyl (C=O) groups excluding carboxylic acids is 1. The zero-order chi connectivity index (χ0) is 21.1. The summed E-state index contributed by atoms with van der Waals surface area (Å²) in [6, 6.07) is 12.0. The first-order valence-corrected chi connectivity index (χ1v) is 9.86. The van der Waals surface area contributed by atoms with Crippen molar-refractivity contribution in [3.63, 3.8) is 0 Å². The molecule has 1 aliphatic heterocycles. The van der Waals surface area contributed by atoms with Gasteiger partial charge in [-0.3, -0.25) is 0 Å². The standard InChI is InChI=1S/C21H21ClN4O4/c1-28-15-8-5-13(6-9-15)19-24-20(30-25-19)17-4-3-11-26(17)21(27)23-14-7-10-18(29-2)16(22)12-14/h5-10,12,17H,3-4,11H2,1-2H3,(H,23,27)/t17-/m0/s1. The van der Waals surface area contributed by atoms with Gasteiger partial charge in [0.15, 0.2) is 0 Å². The Kier molecular flexibility index (Phi) is 5.76. The summed E-state index contributed by atoms with van der Waals surface area (Å²) in [5, 5.41) is 7.37. The first-order chi connectivity index (χ1) is 14.6. The summed E-state index contributed by atoms with van der Waals surface area (Å²) in [4.78, 5) is 19.1. The number of nitrogens with zero attached hydrogens (tertiary/aromatic N) is 3. The average molecular weight is 429 g/mol. The molecule has 0 radical (unpaired) electrons. The van der Waals surface area contributed by atoms with E-state index < -0.39 is 0 Å². The number of halogens is 1. The van der Waals surface area contributed by atoms with E-state index in [0.717, 1.165) is 24.2 Å². The first kappa shape index (κ1) is 20.0. The third-order valence-corrected chi connectivity index (χ3v) is 5.29. The highest BCUT2D eigenvalue weighted by atomic mass is 35.5. The maximum Gasteiger partial charge on any atom is 0.322 e. The van der Waals surface area contributed by atoms with Crippen LogP contribution in [0.2, 0.25) is 5.02 Å². The zero-order valence-corrected chi connectivity index (χ0v) is 17.3. The molecule has 1 aromatic heterocycles. The molecule has 8 nitrogen and oxygen atoms in total. The van der Waals surface area contributed by atoms with Crippen molar-refractivity contribution in [2.24, 2.45) is 0 Å².